The smallest absolute Gasteiger partial charge is 0.193 e. The molecule has 1 N–H and O–H groups in total. The van der Waals surface area contributed by atoms with Crippen LogP contribution in [-0.2, 0) is 4.74 Å². The molecule has 0 bridgehead atoms. The van der Waals surface area contributed by atoms with Gasteiger partial charge >= 0.3 is 0 Å². The number of rotatable bonds is 3. The Balaban J connectivity index is 1.37. The minimum Gasteiger partial charge on any atom is -0.373 e. The van der Waals surface area contributed by atoms with Crippen LogP contribution in [0, 0.1) is 18.3 Å². The number of nitrogens with one attached hydrogen (secondary N) is 1. The molecule has 142 valence electrons. The van der Waals surface area contributed by atoms with Gasteiger partial charge in [0.25, 0.3) is 0 Å². The van der Waals surface area contributed by atoms with E-state index in [0.717, 1.165) is 32.1 Å². The molecule has 4 heteroatoms. The van der Waals surface area contributed by atoms with Gasteiger partial charge in [-0.3, -0.25) is 4.99 Å². The van der Waals surface area contributed by atoms with Crippen LogP contribution >= 0.6 is 0 Å². The quantitative estimate of drug-likeness (QED) is 0.660. The molecule has 4 nitrogen and oxygen atoms in total. The van der Waals surface area contributed by atoms with E-state index in [1.165, 1.54) is 49.8 Å². The van der Waals surface area contributed by atoms with Gasteiger partial charge in [-0.1, -0.05) is 36.2 Å². The molecule has 1 aromatic carbocycles. The average molecular weight is 356 g/mol. The lowest BCUT2D eigenvalue weighted by molar-refractivity contribution is -0.0266. The third kappa shape index (κ3) is 3.62. The minimum absolute atomic E-state index is 0.200. The van der Waals surface area contributed by atoms with Crippen LogP contribution in [0.5, 0.6) is 0 Å². The molecule has 2 aliphatic heterocycles. The Hall–Kier alpha value is -1.55. The zero-order chi connectivity index (χ0) is 18.0. The first-order chi connectivity index (χ1) is 12.7. The molecule has 1 aliphatic carbocycles. The highest BCUT2D eigenvalue weighted by Crippen LogP contribution is 2.47. The number of hydrogen-bond donors (Lipinski definition) is 1. The maximum atomic E-state index is 6.17. The van der Waals surface area contributed by atoms with Crippen LogP contribution in [0.15, 0.2) is 29.3 Å². The van der Waals surface area contributed by atoms with Crippen molar-refractivity contribution in [3.63, 3.8) is 0 Å². The lowest BCUT2D eigenvalue weighted by atomic mass is 9.68. The molecule has 2 unspecified atom stereocenters. The first-order valence-electron chi connectivity index (χ1n) is 10.3. The van der Waals surface area contributed by atoms with Crippen molar-refractivity contribution >= 4 is 5.96 Å². The number of aliphatic imine (C=N–C) groups is 1. The van der Waals surface area contributed by atoms with Gasteiger partial charge in [-0.25, -0.2) is 0 Å². The van der Waals surface area contributed by atoms with Crippen LogP contribution < -0.4 is 5.32 Å². The molecule has 0 amide bonds. The lowest BCUT2D eigenvalue weighted by Crippen LogP contribution is -2.45. The minimum atomic E-state index is 0.200. The highest BCUT2D eigenvalue weighted by atomic mass is 16.5. The first kappa shape index (κ1) is 17.8. The van der Waals surface area contributed by atoms with Gasteiger partial charge in [0.1, 0.15) is 0 Å². The van der Waals surface area contributed by atoms with Gasteiger partial charge in [0, 0.05) is 39.2 Å². The van der Waals surface area contributed by atoms with E-state index in [2.05, 4.69) is 46.4 Å². The second kappa shape index (κ2) is 7.59. The van der Waals surface area contributed by atoms with Crippen LogP contribution in [0.4, 0.5) is 0 Å². The Morgan fingerprint density at radius 2 is 2.04 bits per heavy atom. The van der Waals surface area contributed by atoms with Crippen LogP contribution in [0.3, 0.4) is 0 Å². The number of benzene rings is 1. The number of hydrogen-bond acceptors (Lipinski definition) is 2. The molecule has 1 spiro atoms. The fourth-order valence-corrected chi connectivity index (χ4v) is 4.93. The van der Waals surface area contributed by atoms with Crippen molar-refractivity contribution in [1.29, 1.82) is 0 Å². The van der Waals surface area contributed by atoms with Crippen molar-refractivity contribution in [2.45, 2.75) is 51.6 Å². The molecule has 2 heterocycles. The fourth-order valence-electron chi connectivity index (χ4n) is 4.93. The third-order valence-electron chi connectivity index (χ3n) is 6.74. The van der Waals surface area contributed by atoms with Crippen molar-refractivity contribution < 1.29 is 4.74 Å². The number of aryl methyl sites for hydroxylation is 1. The molecule has 0 radical (unpaired) electrons. The number of ether oxygens (including phenoxy) is 1. The van der Waals surface area contributed by atoms with Gasteiger partial charge < -0.3 is 15.0 Å². The van der Waals surface area contributed by atoms with Crippen molar-refractivity contribution in [2.75, 3.05) is 33.3 Å². The maximum Gasteiger partial charge on any atom is 0.193 e. The molecular formula is C22H33N3O. The normalized spacial score (nSPS) is 28.2. The van der Waals surface area contributed by atoms with E-state index in [1.807, 2.05) is 7.05 Å². The summed E-state index contributed by atoms with van der Waals surface area (Å²) in [6.07, 6.45) is 8.14. The summed E-state index contributed by atoms with van der Waals surface area (Å²) in [6.45, 7) is 6.30. The summed E-state index contributed by atoms with van der Waals surface area (Å²) in [6, 6.07) is 8.85. The third-order valence-corrected chi connectivity index (χ3v) is 6.74. The SMILES string of the molecule is CN=C(NCC1CCCOC1c1ccc(C)cc1)N1CCC2(CCC2)C1. The summed E-state index contributed by atoms with van der Waals surface area (Å²) in [5.41, 5.74) is 3.22. The van der Waals surface area contributed by atoms with Gasteiger partial charge in [0.05, 0.1) is 6.10 Å². The first-order valence-corrected chi connectivity index (χ1v) is 10.3. The monoisotopic (exact) mass is 355 g/mol. The van der Waals surface area contributed by atoms with E-state index < -0.39 is 0 Å². The van der Waals surface area contributed by atoms with Crippen molar-refractivity contribution in [3.8, 4) is 0 Å². The van der Waals surface area contributed by atoms with Crippen LogP contribution in [-0.4, -0.2) is 44.1 Å². The molecule has 1 saturated carbocycles. The van der Waals surface area contributed by atoms with Gasteiger partial charge in [-0.15, -0.1) is 0 Å². The van der Waals surface area contributed by atoms with Crippen LogP contribution in [0.25, 0.3) is 0 Å². The molecule has 0 aromatic heterocycles. The Kier molecular flexibility index (Phi) is 5.21. The summed E-state index contributed by atoms with van der Waals surface area (Å²) in [5, 5.41) is 3.67. The van der Waals surface area contributed by atoms with Crippen molar-refractivity contribution in [1.82, 2.24) is 10.2 Å². The molecule has 2 atom stereocenters. The fraction of sp³-hybridized carbons (Fsp3) is 0.682. The zero-order valence-electron chi connectivity index (χ0n) is 16.3. The van der Waals surface area contributed by atoms with Gasteiger partial charge in [-0.2, -0.15) is 0 Å². The van der Waals surface area contributed by atoms with E-state index in [1.54, 1.807) is 0 Å². The molecular weight excluding hydrogens is 322 g/mol. The van der Waals surface area contributed by atoms with E-state index in [0.29, 0.717) is 11.3 Å². The summed E-state index contributed by atoms with van der Waals surface area (Å²) in [5.74, 6) is 1.59. The second-order valence-corrected chi connectivity index (χ2v) is 8.56. The largest absolute Gasteiger partial charge is 0.373 e. The highest BCUT2D eigenvalue weighted by molar-refractivity contribution is 5.80. The lowest BCUT2D eigenvalue weighted by Gasteiger charge is -2.38. The average Bonchev–Trinajstić information content (AvgIpc) is 3.10. The summed E-state index contributed by atoms with van der Waals surface area (Å²) >= 11 is 0. The Bertz CT molecular complexity index is 635. The van der Waals surface area contributed by atoms with Crippen LogP contribution in [0.2, 0.25) is 0 Å². The molecule has 2 saturated heterocycles. The topological polar surface area (TPSA) is 36.9 Å². The predicted molar refractivity (Wildman–Crippen MR) is 106 cm³/mol. The van der Waals surface area contributed by atoms with Gasteiger partial charge in [0.15, 0.2) is 5.96 Å². The molecule has 26 heavy (non-hydrogen) atoms. The molecule has 3 fully saturated rings. The van der Waals surface area contributed by atoms with Gasteiger partial charge in [-0.05, 0) is 50.0 Å². The summed E-state index contributed by atoms with van der Waals surface area (Å²) in [4.78, 5) is 7.05. The van der Waals surface area contributed by atoms with Gasteiger partial charge in [0.2, 0.25) is 0 Å². The van der Waals surface area contributed by atoms with Crippen molar-refractivity contribution in [3.05, 3.63) is 35.4 Å². The summed E-state index contributed by atoms with van der Waals surface area (Å²) in [7, 11) is 1.92. The van der Waals surface area contributed by atoms with E-state index in [9.17, 15) is 0 Å². The van der Waals surface area contributed by atoms with E-state index in [-0.39, 0.29) is 6.10 Å². The van der Waals surface area contributed by atoms with Crippen LogP contribution in [0.1, 0.15) is 55.8 Å². The Labute approximate surface area is 158 Å². The zero-order valence-corrected chi connectivity index (χ0v) is 16.3. The summed E-state index contributed by atoms with van der Waals surface area (Å²) < 4.78 is 6.17. The number of guanidine groups is 1. The maximum absolute atomic E-state index is 6.17. The number of nitrogens with zero attached hydrogens (tertiary/aromatic N) is 2. The second-order valence-electron chi connectivity index (χ2n) is 8.56. The predicted octanol–water partition coefficient (Wildman–Crippen LogP) is 3.91. The molecule has 3 aliphatic rings. The Morgan fingerprint density at radius 1 is 1.23 bits per heavy atom. The van der Waals surface area contributed by atoms with E-state index in [4.69, 9.17) is 4.74 Å². The van der Waals surface area contributed by atoms with Crippen molar-refractivity contribution in [2.24, 2.45) is 16.3 Å². The molecule has 1 aromatic rings. The molecule has 4 rings (SSSR count). The van der Waals surface area contributed by atoms with E-state index >= 15 is 0 Å². The Morgan fingerprint density at radius 3 is 2.69 bits per heavy atom. The standard InChI is InChI=1S/C22H33N3O/c1-17-6-8-18(9-7-17)20-19(5-3-14-26-20)15-24-21(23-2)25-13-12-22(16-25)10-4-11-22/h6-9,19-20H,3-5,10-16H2,1-2H3,(H,23,24). The number of likely N-dealkylation sites (tertiary alicyclic amines) is 1. The highest BCUT2D eigenvalue weighted by Gasteiger charge is 2.43.